The van der Waals surface area contributed by atoms with Gasteiger partial charge in [-0.05, 0) is 37.1 Å². The fourth-order valence-electron chi connectivity index (χ4n) is 2.28. The van der Waals surface area contributed by atoms with Crippen LogP contribution in [-0.2, 0) is 9.59 Å². The number of anilines is 1. The Kier molecular flexibility index (Phi) is 4.02. The number of Topliss-reactive ketones (excluding diaryl/α,β-unsaturated/α-hetero) is 1. The number of amides is 1. The lowest BCUT2D eigenvalue weighted by Crippen LogP contribution is -2.36. The van der Waals surface area contributed by atoms with Gasteiger partial charge < -0.3 is 5.32 Å². The molecule has 4 heteroatoms. The number of carbonyl (C=O) groups is 2. The van der Waals surface area contributed by atoms with E-state index in [9.17, 15) is 9.59 Å². The molecule has 0 spiro atoms. The summed E-state index contributed by atoms with van der Waals surface area (Å²) in [5.41, 5.74) is 0.676. The van der Waals surface area contributed by atoms with Crippen molar-refractivity contribution in [1.82, 2.24) is 0 Å². The van der Waals surface area contributed by atoms with E-state index in [0.29, 0.717) is 17.1 Å². The quantitative estimate of drug-likeness (QED) is 0.834. The predicted octanol–water partition coefficient (Wildman–Crippen LogP) is 3.28. The van der Waals surface area contributed by atoms with E-state index in [1.165, 1.54) is 0 Å². The lowest BCUT2D eigenvalue weighted by molar-refractivity contribution is -0.135. The standard InChI is InChI=1S/C14H16ClNO2/c1-9-3-2-4-12(13(9)17)14(18)16-11-7-5-10(15)6-8-11/h5-9,12H,2-4H2,1H3,(H,16,18). The van der Waals surface area contributed by atoms with Gasteiger partial charge in [-0.3, -0.25) is 9.59 Å². The van der Waals surface area contributed by atoms with Gasteiger partial charge in [0.05, 0.1) is 5.92 Å². The number of hydrogen-bond donors (Lipinski definition) is 1. The van der Waals surface area contributed by atoms with Crippen molar-refractivity contribution < 1.29 is 9.59 Å². The Bertz CT molecular complexity index is 455. The molecule has 2 unspecified atom stereocenters. The van der Waals surface area contributed by atoms with Gasteiger partial charge in [0, 0.05) is 16.6 Å². The molecule has 3 nitrogen and oxygen atoms in total. The Morgan fingerprint density at radius 1 is 1.28 bits per heavy atom. The molecule has 2 rings (SSSR count). The van der Waals surface area contributed by atoms with Crippen LogP contribution in [0.4, 0.5) is 5.69 Å². The van der Waals surface area contributed by atoms with Crippen molar-refractivity contribution >= 4 is 29.0 Å². The van der Waals surface area contributed by atoms with Crippen LogP contribution >= 0.6 is 11.6 Å². The van der Waals surface area contributed by atoms with Crippen LogP contribution < -0.4 is 5.32 Å². The normalized spacial score (nSPS) is 23.8. The summed E-state index contributed by atoms with van der Waals surface area (Å²) in [4.78, 5) is 24.0. The Balaban J connectivity index is 2.03. The molecule has 0 radical (unpaired) electrons. The molecule has 1 saturated carbocycles. The highest BCUT2D eigenvalue weighted by molar-refractivity contribution is 6.30. The van der Waals surface area contributed by atoms with Gasteiger partial charge in [-0.15, -0.1) is 0 Å². The summed E-state index contributed by atoms with van der Waals surface area (Å²) < 4.78 is 0. The third-order valence-electron chi connectivity index (χ3n) is 3.39. The Morgan fingerprint density at radius 3 is 2.61 bits per heavy atom. The molecule has 1 aromatic carbocycles. The number of carbonyl (C=O) groups excluding carboxylic acids is 2. The highest BCUT2D eigenvalue weighted by atomic mass is 35.5. The minimum Gasteiger partial charge on any atom is -0.325 e. The largest absolute Gasteiger partial charge is 0.325 e. The Morgan fingerprint density at radius 2 is 1.94 bits per heavy atom. The van der Waals surface area contributed by atoms with E-state index in [1.807, 2.05) is 6.92 Å². The van der Waals surface area contributed by atoms with Crippen molar-refractivity contribution in [2.75, 3.05) is 5.32 Å². The number of ketones is 1. The topological polar surface area (TPSA) is 46.2 Å². The molecule has 1 aliphatic rings. The Hall–Kier alpha value is -1.35. The van der Waals surface area contributed by atoms with Crippen molar-refractivity contribution in [3.8, 4) is 0 Å². The fraction of sp³-hybridized carbons (Fsp3) is 0.429. The highest BCUT2D eigenvalue weighted by Crippen LogP contribution is 2.26. The second-order valence-corrected chi connectivity index (χ2v) is 5.22. The van der Waals surface area contributed by atoms with Crippen LogP contribution in [0.5, 0.6) is 0 Å². The van der Waals surface area contributed by atoms with Crippen molar-refractivity contribution in [1.29, 1.82) is 0 Å². The van der Waals surface area contributed by atoms with Crippen LogP contribution in [0, 0.1) is 11.8 Å². The van der Waals surface area contributed by atoms with Crippen molar-refractivity contribution in [3.05, 3.63) is 29.3 Å². The summed E-state index contributed by atoms with van der Waals surface area (Å²) in [5.74, 6) is -0.634. The molecule has 1 fully saturated rings. The molecule has 0 aliphatic heterocycles. The van der Waals surface area contributed by atoms with Gasteiger partial charge in [0.15, 0.2) is 0 Å². The summed E-state index contributed by atoms with van der Waals surface area (Å²) in [6.45, 7) is 1.89. The Labute approximate surface area is 112 Å². The van der Waals surface area contributed by atoms with E-state index < -0.39 is 5.92 Å². The third kappa shape index (κ3) is 2.91. The van der Waals surface area contributed by atoms with E-state index in [1.54, 1.807) is 24.3 Å². The maximum absolute atomic E-state index is 12.0. The highest BCUT2D eigenvalue weighted by Gasteiger charge is 2.33. The van der Waals surface area contributed by atoms with Crippen LogP contribution in [0.1, 0.15) is 26.2 Å². The zero-order valence-corrected chi connectivity index (χ0v) is 11.0. The first-order valence-electron chi connectivity index (χ1n) is 6.18. The molecule has 0 aromatic heterocycles. The molecule has 0 heterocycles. The SMILES string of the molecule is CC1CCCC(C(=O)Nc2ccc(Cl)cc2)C1=O. The van der Waals surface area contributed by atoms with E-state index in [0.717, 1.165) is 12.8 Å². The average Bonchev–Trinajstić information content (AvgIpc) is 2.35. The molecule has 1 N–H and O–H groups in total. The number of hydrogen-bond acceptors (Lipinski definition) is 2. The van der Waals surface area contributed by atoms with Gasteiger partial charge in [0.2, 0.25) is 5.91 Å². The van der Waals surface area contributed by atoms with Gasteiger partial charge in [-0.25, -0.2) is 0 Å². The van der Waals surface area contributed by atoms with Gasteiger partial charge in [0.25, 0.3) is 0 Å². The summed E-state index contributed by atoms with van der Waals surface area (Å²) >= 11 is 5.77. The van der Waals surface area contributed by atoms with E-state index >= 15 is 0 Å². The maximum atomic E-state index is 12.0. The lowest BCUT2D eigenvalue weighted by atomic mass is 9.80. The van der Waals surface area contributed by atoms with Crippen molar-refractivity contribution in [2.45, 2.75) is 26.2 Å². The minimum absolute atomic E-state index is 0.000261. The molecular formula is C14H16ClNO2. The van der Waals surface area contributed by atoms with Gasteiger partial charge in [0.1, 0.15) is 5.78 Å². The molecule has 1 aromatic rings. The molecule has 96 valence electrons. The zero-order valence-electron chi connectivity index (χ0n) is 10.3. The van der Waals surface area contributed by atoms with Crippen LogP contribution in [0.15, 0.2) is 24.3 Å². The minimum atomic E-state index is -0.496. The van der Waals surface area contributed by atoms with E-state index in [4.69, 9.17) is 11.6 Å². The van der Waals surface area contributed by atoms with Crippen molar-refractivity contribution in [3.63, 3.8) is 0 Å². The van der Waals surface area contributed by atoms with Gasteiger partial charge >= 0.3 is 0 Å². The third-order valence-corrected chi connectivity index (χ3v) is 3.64. The second kappa shape index (κ2) is 5.53. The average molecular weight is 266 g/mol. The van der Waals surface area contributed by atoms with Gasteiger partial charge in [-0.2, -0.15) is 0 Å². The first kappa shape index (κ1) is 13.1. The monoisotopic (exact) mass is 265 g/mol. The molecule has 1 amide bonds. The van der Waals surface area contributed by atoms with Crippen molar-refractivity contribution in [2.24, 2.45) is 11.8 Å². The molecule has 0 saturated heterocycles. The van der Waals surface area contributed by atoms with Crippen LogP contribution in [0.3, 0.4) is 0 Å². The summed E-state index contributed by atoms with van der Waals surface area (Å²) in [5, 5.41) is 3.39. The van der Waals surface area contributed by atoms with Gasteiger partial charge in [-0.1, -0.05) is 24.9 Å². The van der Waals surface area contributed by atoms with Crippen LogP contribution in [0.25, 0.3) is 0 Å². The molecule has 0 bridgehead atoms. The van der Waals surface area contributed by atoms with Crippen LogP contribution in [0.2, 0.25) is 5.02 Å². The first-order valence-corrected chi connectivity index (χ1v) is 6.56. The second-order valence-electron chi connectivity index (χ2n) is 4.78. The molecule has 1 aliphatic carbocycles. The van der Waals surface area contributed by atoms with Crippen LogP contribution in [-0.4, -0.2) is 11.7 Å². The molecule has 18 heavy (non-hydrogen) atoms. The number of nitrogens with one attached hydrogen (secondary N) is 1. The summed E-state index contributed by atoms with van der Waals surface area (Å²) in [7, 11) is 0. The summed E-state index contributed by atoms with van der Waals surface area (Å²) in [6, 6.07) is 6.89. The lowest BCUT2D eigenvalue weighted by Gasteiger charge is -2.24. The smallest absolute Gasteiger partial charge is 0.234 e. The number of benzene rings is 1. The molecule has 2 atom stereocenters. The number of rotatable bonds is 2. The predicted molar refractivity (Wildman–Crippen MR) is 71.6 cm³/mol. The molecular weight excluding hydrogens is 250 g/mol. The summed E-state index contributed by atoms with van der Waals surface area (Å²) in [6.07, 6.45) is 2.48. The first-order chi connectivity index (χ1) is 8.58. The fourth-order valence-corrected chi connectivity index (χ4v) is 2.41. The van der Waals surface area contributed by atoms with E-state index in [-0.39, 0.29) is 17.6 Å². The number of halogens is 1. The zero-order chi connectivity index (χ0) is 13.1. The maximum Gasteiger partial charge on any atom is 0.234 e. The van der Waals surface area contributed by atoms with E-state index in [2.05, 4.69) is 5.32 Å².